The Kier molecular flexibility index (Phi) is 4.99. The summed E-state index contributed by atoms with van der Waals surface area (Å²) in [4.78, 5) is 9.04. The molecule has 0 spiro atoms. The highest BCUT2D eigenvalue weighted by Gasteiger charge is 2.24. The molecule has 3 rings (SSSR count). The molecule has 0 N–H and O–H groups in total. The van der Waals surface area contributed by atoms with E-state index in [0.717, 1.165) is 28.3 Å². The average molecular weight is 314 g/mol. The van der Waals surface area contributed by atoms with E-state index in [9.17, 15) is 0 Å². The van der Waals surface area contributed by atoms with E-state index in [1.54, 1.807) is 20.5 Å². The third-order valence-corrected chi connectivity index (χ3v) is 5.10. The highest BCUT2D eigenvalue weighted by molar-refractivity contribution is 5.85. The van der Waals surface area contributed by atoms with Crippen molar-refractivity contribution in [1.82, 2.24) is 9.97 Å². The fourth-order valence-electron chi connectivity index (χ4n) is 3.86. The van der Waals surface area contributed by atoms with Crippen LogP contribution in [-0.4, -0.2) is 24.2 Å². The summed E-state index contributed by atoms with van der Waals surface area (Å²) in [6.45, 7) is 2.28. The van der Waals surface area contributed by atoms with Gasteiger partial charge in [-0.2, -0.15) is 0 Å². The lowest BCUT2D eigenvalue weighted by atomic mass is 9.78. The van der Waals surface area contributed by atoms with Gasteiger partial charge >= 0.3 is 0 Å². The summed E-state index contributed by atoms with van der Waals surface area (Å²) in [5.74, 6) is 2.90. The third-order valence-electron chi connectivity index (χ3n) is 5.10. The first-order valence-electron chi connectivity index (χ1n) is 8.63. The van der Waals surface area contributed by atoms with Crippen LogP contribution in [0.2, 0.25) is 0 Å². The lowest BCUT2D eigenvalue weighted by Crippen LogP contribution is -2.14. The standard InChI is InChI=1S/C19H26N2O2/c1-4-5-13-6-8-14(9-7-13)19-15-10-17(22-2)18(23-3)11-16(15)20-12-21-19/h10-14H,4-9H2,1-3H3. The zero-order valence-electron chi connectivity index (χ0n) is 14.3. The van der Waals surface area contributed by atoms with Crippen molar-refractivity contribution in [3.63, 3.8) is 0 Å². The lowest BCUT2D eigenvalue weighted by molar-refractivity contribution is 0.306. The maximum atomic E-state index is 5.46. The SMILES string of the molecule is CCCC1CCC(c2ncnc3cc(OC)c(OC)cc23)CC1. The van der Waals surface area contributed by atoms with Gasteiger partial charge in [0.2, 0.25) is 0 Å². The number of methoxy groups -OCH3 is 2. The molecule has 1 aliphatic rings. The number of nitrogens with zero attached hydrogens (tertiary/aromatic N) is 2. The summed E-state index contributed by atoms with van der Waals surface area (Å²) in [6.07, 6.45) is 9.43. The molecule has 0 radical (unpaired) electrons. The summed E-state index contributed by atoms with van der Waals surface area (Å²) in [7, 11) is 3.32. The normalized spacial score (nSPS) is 21.3. The molecule has 1 aromatic heterocycles. The second-order valence-electron chi connectivity index (χ2n) is 6.49. The molecule has 0 unspecified atom stereocenters. The Morgan fingerprint density at radius 3 is 2.35 bits per heavy atom. The van der Waals surface area contributed by atoms with Gasteiger partial charge in [-0.05, 0) is 37.7 Å². The molecular formula is C19H26N2O2. The maximum Gasteiger partial charge on any atom is 0.162 e. The number of hydrogen-bond acceptors (Lipinski definition) is 4. The Morgan fingerprint density at radius 1 is 1.00 bits per heavy atom. The van der Waals surface area contributed by atoms with E-state index in [4.69, 9.17) is 9.47 Å². The molecule has 1 heterocycles. The minimum atomic E-state index is 0.534. The van der Waals surface area contributed by atoms with E-state index in [-0.39, 0.29) is 0 Å². The van der Waals surface area contributed by atoms with E-state index in [0.29, 0.717) is 5.92 Å². The number of aromatic nitrogens is 2. The first kappa shape index (κ1) is 16.0. The zero-order valence-corrected chi connectivity index (χ0v) is 14.3. The highest BCUT2D eigenvalue weighted by Crippen LogP contribution is 2.40. The van der Waals surface area contributed by atoms with Gasteiger partial charge in [0.25, 0.3) is 0 Å². The van der Waals surface area contributed by atoms with Gasteiger partial charge in [0.05, 0.1) is 25.4 Å². The van der Waals surface area contributed by atoms with Crippen molar-refractivity contribution in [2.75, 3.05) is 14.2 Å². The summed E-state index contributed by atoms with van der Waals surface area (Å²) >= 11 is 0. The van der Waals surface area contributed by atoms with Crippen molar-refractivity contribution < 1.29 is 9.47 Å². The molecular weight excluding hydrogens is 288 g/mol. The Balaban J connectivity index is 1.92. The van der Waals surface area contributed by atoms with Crippen molar-refractivity contribution in [2.45, 2.75) is 51.4 Å². The molecule has 1 aromatic carbocycles. The van der Waals surface area contributed by atoms with Gasteiger partial charge in [-0.1, -0.05) is 19.8 Å². The molecule has 124 valence electrons. The summed E-state index contributed by atoms with van der Waals surface area (Å²) in [5, 5.41) is 1.10. The summed E-state index contributed by atoms with van der Waals surface area (Å²) in [6, 6.07) is 3.98. The van der Waals surface area contributed by atoms with Crippen LogP contribution >= 0.6 is 0 Å². The fourth-order valence-corrected chi connectivity index (χ4v) is 3.86. The van der Waals surface area contributed by atoms with Gasteiger partial charge in [0.15, 0.2) is 11.5 Å². The molecule has 0 amide bonds. The highest BCUT2D eigenvalue weighted by atomic mass is 16.5. The first-order chi connectivity index (χ1) is 11.3. The van der Waals surface area contributed by atoms with Crippen molar-refractivity contribution >= 4 is 10.9 Å². The van der Waals surface area contributed by atoms with E-state index in [2.05, 4.69) is 16.9 Å². The zero-order chi connectivity index (χ0) is 16.2. The van der Waals surface area contributed by atoms with Crippen LogP contribution in [-0.2, 0) is 0 Å². The largest absolute Gasteiger partial charge is 0.493 e. The molecule has 1 fully saturated rings. The molecule has 2 aromatic rings. The predicted molar refractivity (Wildman–Crippen MR) is 92.2 cm³/mol. The second kappa shape index (κ2) is 7.16. The first-order valence-corrected chi connectivity index (χ1v) is 8.63. The van der Waals surface area contributed by atoms with Crippen LogP contribution in [0.15, 0.2) is 18.5 Å². The van der Waals surface area contributed by atoms with Crippen LogP contribution < -0.4 is 9.47 Å². The van der Waals surface area contributed by atoms with Crippen molar-refractivity contribution in [3.05, 3.63) is 24.2 Å². The van der Waals surface area contributed by atoms with E-state index in [1.165, 1.54) is 44.2 Å². The molecule has 1 aliphatic carbocycles. The van der Waals surface area contributed by atoms with Gasteiger partial charge in [0, 0.05) is 17.4 Å². The molecule has 1 saturated carbocycles. The van der Waals surface area contributed by atoms with Crippen LogP contribution in [0.1, 0.15) is 57.1 Å². The van der Waals surface area contributed by atoms with Gasteiger partial charge in [-0.25, -0.2) is 9.97 Å². The maximum absolute atomic E-state index is 5.46. The van der Waals surface area contributed by atoms with Crippen molar-refractivity contribution in [3.8, 4) is 11.5 Å². The minimum Gasteiger partial charge on any atom is -0.493 e. The summed E-state index contributed by atoms with van der Waals surface area (Å²) in [5.41, 5.74) is 2.11. The third kappa shape index (κ3) is 3.26. The van der Waals surface area contributed by atoms with E-state index < -0.39 is 0 Å². The minimum absolute atomic E-state index is 0.534. The topological polar surface area (TPSA) is 44.2 Å². The Bertz CT molecular complexity index is 664. The predicted octanol–water partition coefficient (Wildman–Crippen LogP) is 4.72. The van der Waals surface area contributed by atoms with Crippen LogP contribution in [0.5, 0.6) is 11.5 Å². The van der Waals surface area contributed by atoms with Gasteiger partial charge in [-0.15, -0.1) is 0 Å². The Hall–Kier alpha value is -1.84. The molecule has 4 heteroatoms. The molecule has 0 atom stereocenters. The van der Waals surface area contributed by atoms with Gasteiger partial charge in [0.1, 0.15) is 6.33 Å². The van der Waals surface area contributed by atoms with Crippen LogP contribution in [0.4, 0.5) is 0 Å². The Labute approximate surface area is 138 Å². The number of rotatable bonds is 5. The lowest BCUT2D eigenvalue weighted by Gasteiger charge is -2.28. The molecule has 23 heavy (non-hydrogen) atoms. The Morgan fingerprint density at radius 2 is 1.70 bits per heavy atom. The number of ether oxygens (including phenoxy) is 2. The van der Waals surface area contributed by atoms with Crippen molar-refractivity contribution in [1.29, 1.82) is 0 Å². The number of fused-ring (bicyclic) bond motifs is 1. The second-order valence-corrected chi connectivity index (χ2v) is 6.49. The molecule has 0 bridgehead atoms. The van der Waals surface area contributed by atoms with Crippen molar-refractivity contribution in [2.24, 2.45) is 5.92 Å². The average Bonchev–Trinajstić information content (AvgIpc) is 2.61. The van der Waals surface area contributed by atoms with Crippen LogP contribution in [0.3, 0.4) is 0 Å². The van der Waals surface area contributed by atoms with E-state index >= 15 is 0 Å². The smallest absolute Gasteiger partial charge is 0.162 e. The quantitative estimate of drug-likeness (QED) is 0.801. The monoisotopic (exact) mass is 314 g/mol. The van der Waals surface area contributed by atoms with Gasteiger partial charge < -0.3 is 9.47 Å². The van der Waals surface area contributed by atoms with Gasteiger partial charge in [-0.3, -0.25) is 0 Å². The summed E-state index contributed by atoms with van der Waals surface area (Å²) < 4.78 is 10.8. The number of benzene rings is 1. The molecule has 4 nitrogen and oxygen atoms in total. The molecule has 0 aliphatic heterocycles. The van der Waals surface area contributed by atoms with Crippen LogP contribution in [0, 0.1) is 5.92 Å². The van der Waals surface area contributed by atoms with E-state index in [1.807, 2.05) is 12.1 Å². The molecule has 0 saturated heterocycles. The number of hydrogen-bond donors (Lipinski definition) is 0. The fraction of sp³-hybridized carbons (Fsp3) is 0.579. The van der Waals surface area contributed by atoms with Crippen LogP contribution in [0.25, 0.3) is 10.9 Å².